The molecule has 0 aliphatic heterocycles. The molecule has 0 atom stereocenters. The molecule has 1 heterocycles. The Labute approximate surface area is 113 Å². The Hall–Kier alpha value is -2.28. The first-order chi connectivity index (χ1) is 9.34. The molecule has 0 spiro atoms. The maximum Gasteiger partial charge on any atom is 0.0480 e. The van der Waals surface area contributed by atoms with Gasteiger partial charge in [-0.25, -0.2) is 0 Å². The lowest BCUT2D eigenvalue weighted by atomic mass is 10.1. The van der Waals surface area contributed by atoms with Crippen molar-refractivity contribution in [1.29, 1.82) is 0 Å². The fourth-order valence-corrected chi connectivity index (χ4v) is 2.47. The Morgan fingerprint density at radius 1 is 0.947 bits per heavy atom. The van der Waals surface area contributed by atoms with Crippen molar-refractivity contribution in [2.45, 2.75) is 6.42 Å². The minimum absolute atomic E-state index is 0.968. The Balaban J connectivity index is 1.85. The van der Waals surface area contributed by atoms with Gasteiger partial charge in [-0.1, -0.05) is 60.7 Å². The number of para-hydroxylation sites is 1. The molecule has 0 aliphatic carbocycles. The van der Waals surface area contributed by atoms with Gasteiger partial charge >= 0.3 is 0 Å². The average Bonchev–Trinajstić information content (AvgIpc) is 2.78. The average molecular weight is 247 g/mol. The van der Waals surface area contributed by atoms with Crippen molar-refractivity contribution in [3.8, 4) is 0 Å². The van der Waals surface area contributed by atoms with E-state index in [1.165, 1.54) is 22.0 Å². The van der Waals surface area contributed by atoms with E-state index in [2.05, 4.69) is 78.5 Å². The van der Waals surface area contributed by atoms with Crippen molar-refractivity contribution in [1.82, 2.24) is 4.57 Å². The van der Waals surface area contributed by atoms with Gasteiger partial charge in [0.25, 0.3) is 0 Å². The monoisotopic (exact) mass is 247 g/mol. The van der Waals surface area contributed by atoms with Crippen LogP contribution >= 0.6 is 0 Å². The first kappa shape index (κ1) is 11.8. The first-order valence-corrected chi connectivity index (χ1v) is 6.59. The van der Waals surface area contributed by atoms with Gasteiger partial charge in [0.05, 0.1) is 0 Å². The topological polar surface area (TPSA) is 4.93 Å². The molecule has 0 bridgehead atoms. The molecule has 0 unspecified atom stereocenters. The van der Waals surface area contributed by atoms with E-state index in [9.17, 15) is 0 Å². The van der Waals surface area contributed by atoms with E-state index < -0.39 is 0 Å². The lowest BCUT2D eigenvalue weighted by Gasteiger charge is -1.94. The van der Waals surface area contributed by atoms with Gasteiger partial charge in [0, 0.05) is 24.1 Å². The van der Waals surface area contributed by atoms with Crippen LogP contribution in [0.15, 0.2) is 66.9 Å². The molecular formula is C18H17N. The van der Waals surface area contributed by atoms with Crippen molar-refractivity contribution in [2.75, 3.05) is 0 Å². The molecule has 0 N–H and O–H groups in total. The summed E-state index contributed by atoms with van der Waals surface area (Å²) in [6.07, 6.45) is 7.61. The molecular weight excluding hydrogens is 230 g/mol. The van der Waals surface area contributed by atoms with Crippen molar-refractivity contribution in [3.63, 3.8) is 0 Å². The highest BCUT2D eigenvalue weighted by atomic mass is 14.9. The van der Waals surface area contributed by atoms with Crippen LogP contribution in [-0.2, 0) is 13.5 Å². The molecule has 0 aliphatic rings. The molecule has 0 radical (unpaired) electrons. The van der Waals surface area contributed by atoms with Gasteiger partial charge in [-0.15, -0.1) is 0 Å². The zero-order valence-corrected chi connectivity index (χ0v) is 11.1. The van der Waals surface area contributed by atoms with Gasteiger partial charge in [0.1, 0.15) is 0 Å². The normalized spacial score (nSPS) is 11.4. The van der Waals surface area contributed by atoms with Crippen LogP contribution < -0.4 is 0 Å². The van der Waals surface area contributed by atoms with Gasteiger partial charge in [-0.3, -0.25) is 0 Å². The maximum absolute atomic E-state index is 2.23. The van der Waals surface area contributed by atoms with Crippen LogP contribution in [0.25, 0.3) is 17.0 Å². The first-order valence-electron chi connectivity index (χ1n) is 6.59. The molecule has 94 valence electrons. The molecule has 1 nitrogen and oxygen atoms in total. The van der Waals surface area contributed by atoms with Crippen LogP contribution in [-0.4, -0.2) is 4.57 Å². The van der Waals surface area contributed by atoms with E-state index in [0.717, 1.165) is 6.42 Å². The molecule has 3 rings (SSSR count). The van der Waals surface area contributed by atoms with Crippen molar-refractivity contribution >= 4 is 17.0 Å². The fourth-order valence-electron chi connectivity index (χ4n) is 2.47. The standard InChI is InChI=1S/C18H17N/c1-19-14-16(17-12-5-6-13-18(17)19)11-7-10-15-8-3-2-4-9-15/h2-10,12-14H,11H2,1H3/b10-7+. The van der Waals surface area contributed by atoms with Crippen LogP contribution in [0.2, 0.25) is 0 Å². The van der Waals surface area contributed by atoms with E-state index in [1.807, 2.05) is 6.07 Å². The molecule has 19 heavy (non-hydrogen) atoms. The second kappa shape index (κ2) is 5.15. The minimum atomic E-state index is 0.968. The van der Waals surface area contributed by atoms with E-state index in [-0.39, 0.29) is 0 Å². The van der Waals surface area contributed by atoms with Crippen LogP contribution in [0.3, 0.4) is 0 Å². The van der Waals surface area contributed by atoms with Crippen molar-refractivity contribution < 1.29 is 0 Å². The summed E-state index contributed by atoms with van der Waals surface area (Å²) < 4.78 is 2.20. The van der Waals surface area contributed by atoms with Crippen LogP contribution in [0, 0.1) is 0 Å². The number of aromatic nitrogens is 1. The SMILES string of the molecule is Cn1cc(C/C=C/c2ccccc2)c2ccccc21. The van der Waals surface area contributed by atoms with Gasteiger partial charge in [0.2, 0.25) is 0 Å². The number of hydrogen-bond acceptors (Lipinski definition) is 0. The summed E-state index contributed by atoms with van der Waals surface area (Å²) in [5.74, 6) is 0. The summed E-state index contributed by atoms with van der Waals surface area (Å²) in [7, 11) is 2.10. The summed E-state index contributed by atoms with van der Waals surface area (Å²) in [6.45, 7) is 0. The Bertz CT molecular complexity index is 705. The molecule has 2 aromatic carbocycles. The number of nitrogens with zero attached hydrogens (tertiary/aromatic N) is 1. The Morgan fingerprint density at radius 3 is 2.53 bits per heavy atom. The lowest BCUT2D eigenvalue weighted by molar-refractivity contribution is 0.960. The molecule has 0 fully saturated rings. The number of fused-ring (bicyclic) bond motifs is 1. The number of hydrogen-bond donors (Lipinski definition) is 0. The summed E-state index contributed by atoms with van der Waals surface area (Å²) >= 11 is 0. The highest BCUT2D eigenvalue weighted by Gasteiger charge is 2.03. The maximum atomic E-state index is 2.23. The van der Waals surface area contributed by atoms with E-state index >= 15 is 0 Å². The smallest absolute Gasteiger partial charge is 0.0480 e. The summed E-state index contributed by atoms with van der Waals surface area (Å²) in [5, 5.41) is 1.35. The van der Waals surface area contributed by atoms with Gasteiger partial charge in [0.15, 0.2) is 0 Å². The third-order valence-corrected chi connectivity index (χ3v) is 3.43. The number of benzene rings is 2. The highest BCUT2D eigenvalue weighted by molar-refractivity contribution is 5.84. The third kappa shape index (κ3) is 2.45. The zero-order chi connectivity index (χ0) is 13.1. The minimum Gasteiger partial charge on any atom is -0.350 e. The summed E-state index contributed by atoms with van der Waals surface area (Å²) in [5.41, 5.74) is 3.93. The molecule has 0 amide bonds. The van der Waals surface area contributed by atoms with Crippen molar-refractivity contribution in [3.05, 3.63) is 78.0 Å². The second-order valence-electron chi connectivity index (χ2n) is 4.80. The van der Waals surface area contributed by atoms with E-state index in [1.54, 1.807) is 0 Å². The van der Waals surface area contributed by atoms with Crippen molar-refractivity contribution in [2.24, 2.45) is 7.05 Å². The van der Waals surface area contributed by atoms with Crippen LogP contribution in [0.1, 0.15) is 11.1 Å². The van der Waals surface area contributed by atoms with E-state index in [0.29, 0.717) is 0 Å². The fraction of sp³-hybridized carbons (Fsp3) is 0.111. The summed E-state index contributed by atoms with van der Waals surface area (Å²) in [6, 6.07) is 19.0. The largest absolute Gasteiger partial charge is 0.350 e. The molecule has 1 aromatic heterocycles. The molecule has 0 saturated heterocycles. The van der Waals surface area contributed by atoms with Gasteiger partial charge in [-0.05, 0) is 23.6 Å². The molecule has 3 aromatic rings. The number of allylic oxidation sites excluding steroid dienone is 1. The van der Waals surface area contributed by atoms with Gasteiger partial charge in [-0.2, -0.15) is 0 Å². The quantitative estimate of drug-likeness (QED) is 0.645. The number of aryl methyl sites for hydroxylation is 1. The van der Waals surface area contributed by atoms with Crippen LogP contribution in [0.5, 0.6) is 0 Å². The Kier molecular flexibility index (Phi) is 3.20. The third-order valence-electron chi connectivity index (χ3n) is 3.43. The Morgan fingerprint density at radius 2 is 1.68 bits per heavy atom. The molecule has 1 heteroatoms. The van der Waals surface area contributed by atoms with E-state index in [4.69, 9.17) is 0 Å². The van der Waals surface area contributed by atoms with Crippen LogP contribution in [0.4, 0.5) is 0 Å². The predicted molar refractivity (Wildman–Crippen MR) is 82.1 cm³/mol. The zero-order valence-electron chi connectivity index (χ0n) is 11.1. The number of rotatable bonds is 3. The van der Waals surface area contributed by atoms with Gasteiger partial charge < -0.3 is 4.57 Å². The molecule has 0 saturated carbocycles. The lowest BCUT2D eigenvalue weighted by Crippen LogP contribution is -1.82. The second-order valence-corrected chi connectivity index (χ2v) is 4.80. The summed E-state index contributed by atoms with van der Waals surface area (Å²) in [4.78, 5) is 0. The highest BCUT2D eigenvalue weighted by Crippen LogP contribution is 2.21. The predicted octanol–water partition coefficient (Wildman–Crippen LogP) is 4.43.